The van der Waals surface area contributed by atoms with E-state index in [0.29, 0.717) is 12.2 Å². The van der Waals surface area contributed by atoms with Gasteiger partial charge in [0.2, 0.25) is 0 Å². The topological polar surface area (TPSA) is 75.3 Å². The molecule has 0 aliphatic heterocycles. The number of aromatic nitrogens is 2. The van der Waals surface area contributed by atoms with Crippen LogP contribution in [0.1, 0.15) is 0 Å². The van der Waals surface area contributed by atoms with Gasteiger partial charge in [0.1, 0.15) is 12.1 Å². The predicted octanol–water partition coefficient (Wildman–Crippen LogP) is 0.640. The van der Waals surface area contributed by atoms with E-state index in [1.807, 2.05) is 30.1 Å². The third-order valence-corrected chi connectivity index (χ3v) is 2.44. The minimum Gasteiger partial charge on any atom is -0.399 e. The molecule has 0 spiro atoms. The quantitative estimate of drug-likeness (QED) is 0.739. The largest absolute Gasteiger partial charge is 0.399 e. The molecule has 84 valence electrons. The number of nitrogens with two attached hydrogens (primary N) is 1. The average Bonchev–Trinajstić information content (AvgIpc) is 2.28. The molecule has 0 radical (unpaired) electrons. The molecule has 0 unspecified atom stereocenters. The van der Waals surface area contributed by atoms with E-state index in [1.54, 1.807) is 0 Å². The molecule has 5 heteroatoms. The summed E-state index contributed by atoms with van der Waals surface area (Å²) in [7, 11) is 1.88. The van der Waals surface area contributed by atoms with E-state index in [-0.39, 0.29) is 6.61 Å². The number of aliphatic hydroxyl groups is 1. The molecule has 0 atom stereocenters. The van der Waals surface area contributed by atoms with Crippen molar-refractivity contribution in [3.05, 3.63) is 24.5 Å². The first-order valence-corrected chi connectivity index (χ1v) is 5.04. The lowest BCUT2D eigenvalue weighted by Gasteiger charge is -2.18. The van der Waals surface area contributed by atoms with E-state index in [0.717, 1.165) is 16.7 Å². The van der Waals surface area contributed by atoms with Crippen LogP contribution in [-0.2, 0) is 0 Å². The summed E-state index contributed by atoms with van der Waals surface area (Å²) in [5.74, 6) is 0.805. The van der Waals surface area contributed by atoms with Crippen molar-refractivity contribution in [1.82, 2.24) is 9.97 Å². The maximum atomic E-state index is 8.91. The van der Waals surface area contributed by atoms with Crippen molar-refractivity contribution in [2.45, 2.75) is 0 Å². The highest BCUT2D eigenvalue weighted by atomic mass is 16.3. The Morgan fingerprint density at radius 2 is 2.19 bits per heavy atom. The van der Waals surface area contributed by atoms with Crippen molar-refractivity contribution in [2.24, 2.45) is 0 Å². The van der Waals surface area contributed by atoms with Gasteiger partial charge >= 0.3 is 0 Å². The van der Waals surface area contributed by atoms with Gasteiger partial charge in [0.15, 0.2) is 0 Å². The number of hydrogen-bond acceptors (Lipinski definition) is 5. The molecule has 0 aliphatic carbocycles. The predicted molar refractivity (Wildman–Crippen MR) is 64.3 cm³/mol. The summed E-state index contributed by atoms with van der Waals surface area (Å²) in [6.07, 6.45) is 1.50. The maximum absolute atomic E-state index is 8.91. The number of anilines is 2. The van der Waals surface area contributed by atoms with Crippen LogP contribution in [0, 0.1) is 0 Å². The van der Waals surface area contributed by atoms with Gasteiger partial charge in [-0.2, -0.15) is 0 Å². The Morgan fingerprint density at radius 1 is 1.38 bits per heavy atom. The SMILES string of the molecule is CN(CCO)c1ncnc2cc(N)ccc12. The summed E-state index contributed by atoms with van der Waals surface area (Å²) in [6.45, 7) is 0.632. The number of nitrogen functional groups attached to an aromatic ring is 1. The first kappa shape index (κ1) is 10.6. The third kappa shape index (κ3) is 1.90. The smallest absolute Gasteiger partial charge is 0.139 e. The first-order chi connectivity index (χ1) is 7.72. The Labute approximate surface area is 93.5 Å². The Kier molecular flexibility index (Phi) is 2.87. The van der Waals surface area contributed by atoms with E-state index < -0.39 is 0 Å². The van der Waals surface area contributed by atoms with Crippen LogP contribution in [0.15, 0.2) is 24.5 Å². The molecular formula is C11H14N4O. The van der Waals surface area contributed by atoms with Crippen molar-refractivity contribution >= 4 is 22.4 Å². The highest BCUT2D eigenvalue weighted by molar-refractivity contribution is 5.91. The summed E-state index contributed by atoms with van der Waals surface area (Å²) in [6, 6.07) is 5.53. The van der Waals surface area contributed by atoms with Crippen molar-refractivity contribution < 1.29 is 5.11 Å². The summed E-state index contributed by atoms with van der Waals surface area (Å²) in [4.78, 5) is 10.3. The molecule has 3 N–H and O–H groups in total. The summed E-state index contributed by atoms with van der Waals surface area (Å²) >= 11 is 0. The zero-order valence-electron chi connectivity index (χ0n) is 9.09. The molecule has 1 aromatic heterocycles. The lowest BCUT2D eigenvalue weighted by Crippen LogP contribution is -2.22. The van der Waals surface area contributed by atoms with Gasteiger partial charge in [0.25, 0.3) is 0 Å². The second-order valence-corrected chi connectivity index (χ2v) is 3.62. The van der Waals surface area contributed by atoms with Gasteiger partial charge in [-0.25, -0.2) is 9.97 Å². The molecule has 1 heterocycles. The Morgan fingerprint density at radius 3 is 2.94 bits per heavy atom. The van der Waals surface area contributed by atoms with Gasteiger partial charge in [-0.3, -0.25) is 0 Å². The number of hydrogen-bond donors (Lipinski definition) is 2. The van der Waals surface area contributed by atoms with Gasteiger partial charge in [0, 0.05) is 24.7 Å². The number of likely N-dealkylation sites (N-methyl/N-ethyl adjacent to an activating group) is 1. The summed E-state index contributed by atoms with van der Waals surface area (Å²) < 4.78 is 0. The van der Waals surface area contributed by atoms with Crippen molar-refractivity contribution in [2.75, 3.05) is 30.8 Å². The van der Waals surface area contributed by atoms with Crippen molar-refractivity contribution in [3.63, 3.8) is 0 Å². The van der Waals surface area contributed by atoms with E-state index in [2.05, 4.69) is 9.97 Å². The zero-order chi connectivity index (χ0) is 11.5. The number of benzene rings is 1. The van der Waals surface area contributed by atoms with Crippen LogP contribution in [0.25, 0.3) is 10.9 Å². The number of nitrogens with zero attached hydrogens (tertiary/aromatic N) is 3. The molecule has 2 rings (SSSR count). The van der Waals surface area contributed by atoms with Crippen molar-refractivity contribution in [3.8, 4) is 0 Å². The molecule has 0 saturated heterocycles. The minimum atomic E-state index is 0.0942. The normalized spacial score (nSPS) is 10.6. The lowest BCUT2D eigenvalue weighted by molar-refractivity contribution is 0.304. The second-order valence-electron chi connectivity index (χ2n) is 3.62. The van der Waals surface area contributed by atoms with E-state index in [1.165, 1.54) is 6.33 Å². The van der Waals surface area contributed by atoms with Crippen LogP contribution in [-0.4, -0.2) is 35.3 Å². The molecule has 0 saturated carbocycles. The number of rotatable bonds is 3. The van der Waals surface area contributed by atoms with Crippen LogP contribution in [0.4, 0.5) is 11.5 Å². The second kappa shape index (κ2) is 4.32. The molecule has 0 fully saturated rings. The summed E-state index contributed by atoms with van der Waals surface area (Å²) in [5, 5.41) is 9.85. The van der Waals surface area contributed by atoms with Crippen LogP contribution in [0.3, 0.4) is 0 Å². The van der Waals surface area contributed by atoms with Crippen LogP contribution >= 0.6 is 0 Å². The molecule has 0 bridgehead atoms. The standard InChI is InChI=1S/C11H14N4O/c1-15(4-5-16)11-9-3-2-8(12)6-10(9)13-7-14-11/h2-3,6-7,16H,4-5,12H2,1H3. The van der Waals surface area contributed by atoms with Gasteiger partial charge in [-0.05, 0) is 18.2 Å². The highest BCUT2D eigenvalue weighted by Gasteiger charge is 2.07. The minimum absolute atomic E-state index is 0.0942. The molecule has 1 aromatic carbocycles. The molecule has 5 nitrogen and oxygen atoms in total. The Bertz CT molecular complexity index is 500. The van der Waals surface area contributed by atoms with Gasteiger partial charge in [0.05, 0.1) is 12.1 Å². The van der Waals surface area contributed by atoms with Crippen molar-refractivity contribution in [1.29, 1.82) is 0 Å². The van der Waals surface area contributed by atoms with Crippen LogP contribution in [0.5, 0.6) is 0 Å². The number of fused-ring (bicyclic) bond motifs is 1. The van der Waals surface area contributed by atoms with E-state index in [4.69, 9.17) is 10.8 Å². The lowest BCUT2D eigenvalue weighted by atomic mass is 10.2. The highest BCUT2D eigenvalue weighted by Crippen LogP contribution is 2.23. The zero-order valence-corrected chi connectivity index (χ0v) is 9.09. The molecule has 0 amide bonds. The fourth-order valence-corrected chi connectivity index (χ4v) is 1.62. The van der Waals surface area contributed by atoms with Gasteiger partial charge in [-0.15, -0.1) is 0 Å². The molecule has 16 heavy (non-hydrogen) atoms. The van der Waals surface area contributed by atoms with Crippen LogP contribution < -0.4 is 10.6 Å². The fraction of sp³-hybridized carbons (Fsp3) is 0.273. The third-order valence-electron chi connectivity index (χ3n) is 2.44. The van der Waals surface area contributed by atoms with E-state index >= 15 is 0 Å². The molecule has 2 aromatic rings. The monoisotopic (exact) mass is 218 g/mol. The Balaban J connectivity index is 2.53. The maximum Gasteiger partial charge on any atom is 0.139 e. The van der Waals surface area contributed by atoms with Gasteiger partial charge in [-0.1, -0.05) is 0 Å². The average molecular weight is 218 g/mol. The number of aliphatic hydroxyl groups excluding tert-OH is 1. The molecule has 0 aliphatic rings. The fourth-order valence-electron chi connectivity index (χ4n) is 1.62. The van der Waals surface area contributed by atoms with Gasteiger partial charge < -0.3 is 15.7 Å². The van der Waals surface area contributed by atoms with Crippen LogP contribution in [0.2, 0.25) is 0 Å². The molecular weight excluding hydrogens is 204 g/mol. The summed E-state index contributed by atoms with van der Waals surface area (Å²) in [5.41, 5.74) is 7.19. The first-order valence-electron chi connectivity index (χ1n) is 5.04. The van der Waals surface area contributed by atoms with E-state index in [9.17, 15) is 0 Å². The Hall–Kier alpha value is -1.88.